The Labute approximate surface area is 138 Å². The number of carbonyl (C=O) groups excluding carboxylic acids is 1. The van der Waals surface area contributed by atoms with Gasteiger partial charge in [0.25, 0.3) is 0 Å². The molecule has 2 rings (SSSR count). The van der Waals surface area contributed by atoms with E-state index in [1.807, 2.05) is 18.4 Å². The predicted molar refractivity (Wildman–Crippen MR) is 87.9 cm³/mol. The second kappa shape index (κ2) is 7.28. The molecule has 8 heteroatoms. The van der Waals surface area contributed by atoms with E-state index in [-0.39, 0.29) is 23.3 Å². The molecule has 7 nitrogen and oxygen atoms in total. The molecule has 0 spiro atoms. The van der Waals surface area contributed by atoms with Crippen molar-refractivity contribution in [1.29, 1.82) is 0 Å². The lowest BCUT2D eigenvalue weighted by atomic mass is 10.1. The zero-order valence-corrected chi connectivity index (χ0v) is 13.9. The summed E-state index contributed by atoms with van der Waals surface area (Å²) in [6.07, 6.45) is 1.63. The van der Waals surface area contributed by atoms with E-state index in [9.17, 15) is 9.59 Å². The molecule has 2 N–H and O–H groups in total. The molecule has 0 aliphatic rings. The van der Waals surface area contributed by atoms with E-state index in [1.165, 1.54) is 17.8 Å². The standard InChI is InChI=1S/C15H18N4O3S/c1-9(2)19-8-16-18-15(19)23-7-13(20)17-11-5-4-10(3)12(6-11)14(21)22/h4-6,8-9H,7H2,1-3H3,(H,17,20)(H,21,22). The van der Waals surface area contributed by atoms with E-state index in [0.717, 1.165) is 0 Å². The minimum absolute atomic E-state index is 0.168. The van der Waals surface area contributed by atoms with Crippen LogP contribution in [0.5, 0.6) is 0 Å². The van der Waals surface area contributed by atoms with Crippen molar-refractivity contribution >= 4 is 29.3 Å². The largest absolute Gasteiger partial charge is 0.478 e. The second-order valence-electron chi connectivity index (χ2n) is 5.29. The fraction of sp³-hybridized carbons (Fsp3) is 0.333. The monoisotopic (exact) mass is 334 g/mol. The third kappa shape index (κ3) is 4.32. The molecule has 0 radical (unpaired) electrons. The van der Waals surface area contributed by atoms with Crippen LogP contribution in [0.15, 0.2) is 29.7 Å². The predicted octanol–water partition coefficient (Wildman–Crippen LogP) is 2.60. The molecule has 1 aromatic heterocycles. The maximum atomic E-state index is 12.0. The van der Waals surface area contributed by atoms with Gasteiger partial charge in [-0.15, -0.1) is 10.2 Å². The van der Waals surface area contributed by atoms with Crippen molar-refractivity contribution in [3.05, 3.63) is 35.7 Å². The summed E-state index contributed by atoms with van der Waals surface area (Å²) in [4.78, 5) is 23.1. The number of hydrogen-bond acceptors (Lipinski definition) is 5. The molecule has 23 heavy (non-hydrogen) atoms. The van der Waals surface area contributed by atoms with Gasteiger partial charge in [-0.3, -0.25) is 4.79 Å². The lowest BCUT2D eigenvalue weighted by molar-refractivity contribution is -0.113. The zero-order chi connectivity index (χ0) is 17.0. The van der Waals surface area contributed by atoms with Gasteiger partial charge in [0, 0.05) is 11.7 Å². The quantitative estimate of drug-likeness (QED) is 0.788. The molecular weight excluding hydrogens is 316 g/mol. The number of nitrogens with one attached hydrogen (secondary N) is 1. The summed E-state index contributed by atoms with van der Waals surface area (Å²) in [7, 11) is 0. The molecule has 1 amide bonds. The minimum atomic E-state index is -1.02. The number of rotatable bonds is 6. The number of aromatic carboxylic acids is 1. The van der Waals surface area contributed by atoms with Crippen molar-refractivity contribution in [3.8, 4) is 0 Å². The Kier molecular flexibility index (Phi) is 5.38. The average Bonchev–Trinajstić information content (AvgIpc) is 2.95. The van der Waals surface area contributed by atoms with Crippen LogP contribution in [0.25, 0.3) is 0 Å². The maximum absolute atomic E-state index is 12.0. The lowest BCUT2D eigenvalue weighted by Gasteiger charge is -2.10. The first-order valence-corrected chi connectivity index (χ1v) is 8.03. The van der Waals surface area contributed by atoms with Gasteiger partial charge in [-0.05, 0) is 38.5 Å². The highest BCUT2D eigenvalue weighted by Crippen LogP contribution is 2.20. The number of carboxylic acids is 1. The molecule has 0 unspecified atom stereocenters. The number of hydrogen-bond donors (Lipinski definition) is 2. The fourth-order valence-corrected chi connectivity index (χ4v) is 2.79. The van der Waals surface area contributed by atoms with E-state index in [4.69, 9.17) is 5.11 Å². The molecule has 1 heterocycles. The van der Waals surface area contributed by atoms with Gasteiger partial charge in [-0.1, -0.05) is 17.8 Å². The Balaban J connectivity index is 1.99. The number of aromatic nitrogens is 3. The van der Waals surface area contributed by atoms with Crippen LogP contribution in [0.4, 0.5) is 5.69 Å². The summed E-state index contributed by atoms with van der Waals surface area (Å²) in [5.74, 6) is -1.08. The van der Waals surface area contributed by atoms with E-state index < -0.39 is 5.97 Å². The molecule has 0 bridgehead atoms. The summed E-state index contributed by atoms with van der Waals surface area (Å²) in [5.41, 5.74) is 1.29. The van der Waals surface area contributed by atoms with Gasteiger partial charge in [0.05, 0.1) is 11.3 Å². The summed E-state index contributed by atoms with van der Waals surface area (Å²) in [5, 5.41) is 20.3. The van der Waals surface area contributed by atoms with Crippen LogP contribution < -0.4 is 5.32 Å². The van der Waals surface area contributed by atoms with Crippen molar-refractivity contribution < 1.29 is 14.7 Å². The lowest BCUT2D eigenvalue weighted by Crippen LogP contribution is -2.15. The third-order valence-electron chi connectivity index (χ3n) is 3.18. The number of nitrogens with zero attached hydrogens (tertiary/aromatic N) is 3. The highest BCUT2D eigenvalue weighted by atomic mass is 32.2. The van der Waals surface area contributed by atoms with Gasteiger partial charge in [0.15, 0.2) is 5.16 Å². The van der Waals surface area contributed by atoms with E-state index in [0.29, 0.717) is 16.4 Å². The number of benzene rings is 1. The zero-order valence-electron chi connectivity index (χ0n) is 13.1. The van der Waals surface area contributed by atoms with Gasteiger partial charge in [0.1, 0.15) is 6.33 Å². The van der Waals surface area contributed by atoms with Crippen molar-refractivity contribution in [2.24, 2.45) is 0 Å². The number of aryl methyl sites for hydroxylation is 1. The first kappa shape index (κ1) is 17.0. The SMILES string of the molecule is Cc1ccc(NC(=O)CSc2nncn2C(C)C)cc1C(=O)O. The number of thioether (sulfide) groups is 1. The Bertz CT molecular complexity index is 727. The number of carbonyl (C=O) groups is 2. The average molecular weight is 334 g/mol. The first-order valence-electron chi connectivity index (χ1n) is 7.04. The number of carboxylic acid groups (broad SMARTS) is 1. The van der Waals surface area contributed by atoms with Crippen molar-refractivity contribution in [3.63, 3.8) is 0 Å². The van der Waals surface area contributed by atoms with E-state index >= 15 is 0 Å². The van der Waals surface area contributed by atoms with Gasteiger partial charge in [0.2, 0.25) is 5.91 Å². The van der Waals surface area contributed by atoms with Crippen molar-refractivity contribution in [2.45, 2.75) is 32.0 Å². The molecule has 0 saturated carbocycles. The van der Waals surface area contributed by atoms with Crippen LogP contribution >= 0.6 is 11.8 Å². The van der Waals surface area contributed by atoms with Crippen molar-refractivity contribution in [1.82, 2.24) is 14.8 Å². The number of anilines is 1. The molecule has 0 fully saturated rings. The van der Waals surface area contributed by atoms with Gasteiger partial charge in [-0.25, -0.2) is 4.79 Å². The number of amides is 1. The second-order valence-corrected chi connectivity index (χ2v) is 6.23. The summed E-state index contributed by atoms with van der Waals surface area (Å²) in [6, 6.07) is 5.02. The van der Waals surface area contributed by atoms with Crippen LogP contribution in [-0.2, 0) is 4.79 Å². The van der Waals surface area contributed by atoms with Gasteiger partial charge >= 0.3 is 5.97 Å². The van der Waals surface area contributed by atoms with Crippen molar-refractivity contribution in [2.75, 3.05) is 11.1 Å². The minimum Gasteiger partial charge on any atom is -0.478 e. The van der Waals surface area contributed by atoms with Gasteiger partial charge in [-0.2, -0.15) is 0 Å². The molecule has 0 aliphatic carbocycles. The summed E-state index contributed by atoms with van der Waals surface area (Å²) >= 11 is 1.28. The molecular formula is C15H18N4O3S. The van der Waals surface area contributed by atoms with Crippen LogP contribution in [-0.4, -0.2) is 37.5 Å². The smallest absolute Gasteiger partial charge is 0.336 e. The Morgan fingerprint density at radius 2 is 2.13 bits per heavy atom. The van der Waals surface area contributed by atoms with E-state index in [1.54, 1.807) is 25.4 Å². The normalized spacial score (nSPS) is 10.8. The van der Waals surface area contributed by atoms with Crippen LogP contribution in [0.2, 0.25) is 0 Å². The maximum Gasteiger partial charge on any atom is 0.336 e. The first-order chi connectivity index (χ1) is 10.9. The van der Waals surface area contributed by atoms with Crippen LogP contribution in [0.1, 0.15) is 35.8 Å². The van der Waals surface area contributed by atoms with E-state index in [2.05, 4.69) is 15.5 Å². The molecule has 1 aromatic carbocycles. The van der Waals surface area contributed by atoms with Crippen LogP contribution in [0, 0.1) is 6.92 Å². The Morgan fingerprint density at radius 3 is 2.78 bits per heavy atom. The molecule has 122 valence electrons. The molecule has 2 aromatic rings. The summed E-state index contributed by atoms with van der Waals surface area (Å²) < 4.78 is 1.88. The van der Waals surface area contributed by atoms with Crippen LogP contribution in [0.3, 0.4) is 0 Å². The fourth-order valence-electron chi connectivity index (χ4n) is 1.95. The Hall–Kier alpha value is -2.35. The topological polar surface area (TPSA) is 97.1 Å². The third-order valence-corrected chi connectivity index (χ3v) is 4.14. The van der Waals surface area contributed by atoms with Gasteiger partial charge < -0.3 is 15.0 Å². The molecule has 0 aliphatic heterocycles. The molecule has 0 atom stereocenters. The molecule has 0 saturated heterocycles. The summed E-state index contributed by atoms with van der Waals surface area (Å²) in [6.45, 7) is 5.73. The highest BCUT2D eigenvalue weighted by molar-refractivity contribution is 7.99. The highest BCUT2D eigenvalue weighted by Gasteiger charge is 2.12. The Morgan fingerprint density at radius 1 is 1.39 bits per heavy atom.